The number of halogens is 3. The van der Waals surface area contributed by atoms with Crippen LogP contribution in [0.25, 0.3) is 16.6 Å². The molecule has 0 aliphatic carbocycles. The number of benzene rings is 1. The molecule has 3 rings (SSSR count). The molecule has 3 aromatic rings. The molecule has 0 saturated carbocycles. The van der Waals surface area contributed by atoms with Crippen LogP contribution in [-0.2, 0) is 4.74 Å². The van der Waals surface area contributed by atoms with Crippen molar-refractivity contribution in [1.29, 1.82) is 0 Å². The first kappa shape index (κ1) is 16.7. The number of ether oxygens (including phenoxy) is 2. The SMILES string of the molecule is CCOC(=O)c1cnn2ncc(-c3ccc(OC(F)(F)F)cc3)cc12. The first-order valence-electron chi connectivity index (χ1n) is 7.25. The van der Waals surface area contributed by atoms with Crippen LogP contribution in [0.4, 0.5) is 13.2 Å². The van der Waals surface area contributed by atoms with Gasteiger partial charge in [-0.2, -0.15) is 14.8 Å². The van der Waals surface area contributed by atoms with Crippen molar-refractivity contribution in [2.75, 3.05) is 6.61 Å². The normalized spacial score (nSPS) is 11.5. The minimum Gasteiger partial charge on any atom is -0.462 e. The Hall–Kier alpha value is -3.10. The molecular formula is C16H12F3N3O3. The summed E-state index contributed by atoms with van der Waals surface area (Å²) in [6.45, 7) is 1.92. The smallest absolute Gasteiger partial charge is 0.462 e. The van der Waals surface area contributed by atoms with Gasteiger partial charge in [0.05, 0.1) is 19.0 Å². The number of carbonyl (C=O) groups is 1. The second-order valence-corrected chi connectivity index (χ2v) is 4.97. The van der Waals surface area contributed by atoms with Crippen molar-refractivity contribution in [3.05, 3.63) is 48.3 Å². The van der Waals surface area contributed by atoms with Crippen LogP contribution in [0.1, 0.15) is 17.3 Å². The van der Waals surface area contributed by atoms with E-state index in [0.717, 1.165) is 0 Å². The fourth-order valence-corrected chi connectivity index (χ4v) is 2.25. The van der Waals surface area contributed by atoms with E-state index in [0.29, 0.717) is 16.6 Å². The van der Waals surface area contributed by atoms with Gasteiger partial charge < -0.3 is 9.47 Å². The zero-order chi connectivity index (χ0) is 18.0. The maximum absolute atomic E-state index is 12.2. The molecular weight excluding hydrogens is 339 g/mol. The van der Waals surface area contributed by atoms with Gasteiger partial charge >= 0.3 is 12.3 Å². The van der Waals surface area contributed by atoms with Crippen LogP contribution in [0.2, 0.25) is 0 Å². The number of alkyl halides is 3. The van der Waals surface area contributed by atoms with Gasteiger partial charge in [0.15, 0.2) is 0 Å². The van der Waals surface area contributed by atoms with E-state index < -0.39 is 12.3 Å². The Morgan fingerprint density at radius 3 is 2.44 bits per heavy atom. The lowest BCUT2D eigenvalue weighted by Gasteiger charge is -2.09. The average Bonchev–Trinajstić information content (AvgIpc) is 2.97. The molecule has 0 spiro atoms. The summed E-state index contributed by atoms with van der Waals surface area (Å²) in [4.78, 5) is 11.9. The van der Waals surface area contributed by atoms with Gasteiger partial charge in [-0.05, 0) is 30.7 Å². The second-order valence-electron chi connectivity index (χ2n) is 4.97. The molecule has 130 valence electrons. The number of hydrogen-bond acceptors (Lipinski definition) is 5. The van der Waals surface area contributed by atoms with Gasteiger partial charge in [0.2, 0.25) is 0 Å². The van der Waals surface area contributed by atoms with Crippen LogP contribution in [-0.4, -0.2) is 33.8 Å². The quantitative estimate of drug-likeness (QED) is 0.674. The summed E-state index contributed by atoms with van der Waals surface area (Å²) in [6, 6.07) is 7.00. The van der Waals surface area contributed by atoms with E-state index in [1.165, 1.54) is 41.3 Å². The van der Waals surface area contributed by atoms with E-state index in [-0.39, 0.29) is 17.9 Å². The Labute approximate surface area is 139 Å². The van der Waals surface area contributed by atoms with Crippen molar-refractivity contribution in [1.82, 2.24) is 14.8 Å². The molecule has 0 aliphatic rings. The Morgan fingerprint density at radius 2 is 1.80 bits per heavy atom. The largest absolute Gasteiger partial charge is 0.573 e. The average molecular weight is 351 g/mol. The Morgan fingerprint density at radius 1 is 1.12 bits per heavy atom. The van der Waals surface area contributed by atoms with E-state index >= 15 is 0 Å². The predicted octanol–water partition coefficient (Wildman–Crippen LogP) is 3.47. The highest BCUT2D eigenvalue weighted by atomic mass is 19.4. The standard InChI is InChI=1S/C16H12F3N3O3/c1-2-24-15(23)13-9-21-22-14(13)7-11(8-20-22)10-3-5-12(6-4-10)25-16(17,18)19/h3-9H,2H2,1H3. The molecule has 2 aromatic heterocycles. The third-order valence-corrected chi connectivity index (χ3v) is 3.30. The van der Waals surface area contributed by atoms with Gasteiger partial charge in [0, 0.05) is 5.56 Å². The minimum atomic E-state index is -4.74. The monoisotopic (exact) mass is 351 g/mol. The van der Waals surface area contributed by atoms with Crippen molar-refractivity contribution in [2.24, 2.45) is 0 Å². The summed E-state index contributed by atoms with van der Waals surface area (Å²) in [7, 11) is 0. The van der Waals surface area contributed by atoms with Gasteiger partial charge in [0.25, 0.3) is 0 Å². The van der Waals surface area contributed by atoms with Crippen LogP contribution in [0.3, 0.4) is 0 Å². The minimum absolute atomic E-state index is 0.226. The van der Waals surface area contributed by atoms with E-state index in [2.05, 4.69) is 14.9 Å². The Balaban J connectivity index is 1.93. The van der Waals surface area contributed by atoms with Crippen molar-refractivity contribution in [2.45, 2.75) is 13.3 Å². The maximum atomic E-state index is 12.2. The summed E-state index contributed by atoms with van der Waals surface area (Å²) < 4.78 is 46.7. The molecule has 0 aliphatic heterocycles. The number of esters is 1. The van der Waals surface area contributed by atoms with Crippen LogP contribution in [0, 0.1) is 0 Å². The van der Waals surface area contributed by atoms with Gasteiger partial charge in [-0.3, -0.25) is 0 Å². The molecule has 0 N–H and O–H groups in total. The van der Waals surface area contributed by atoms with Crippen molar-refractivity contribution < 1.29 is 27.4 Å². The molecule has 0 fully saturated rings. The zero-order valence-electron chi connectivity index (χ0n) is 12.9. The third kappa shape index (κ3) is 3.70. The van der Waals surface area contributed by atoms with Crippen LogP contribution < -0.4 is 4.74 Å². The summed E-state index contributed by atoms with van der Waals surface area (Å²) in [6.07, 6.45) is -1.90. The number of fused-ring (bicyclic) bond motifs is 1. The highest BCUT2D eigenvalue weighted by Crippen LogP contribution is 2.27. The number of rotatable bonds is 4. The molecule has 2 heterocycles. The van der Waals surface area contributed by atoms with E-state index in [1.54, 1.807) is 13.0 Å². The van der Waals surface area contributed by atoms with Crippen molar-refractivity contribution in [3.8, 4) is 16.9 Å². The van der Waals surface area contributed by atoms with E-state index in [9.17, 15) is 18.0 Å². The number of hydrogen-bond donors (Lipinski definition) is 0. The predicted molar refractivity (Wildman–Crippen MR) is 81.1 cm³/mol. The number of carbonyl (C=O) groups excluding carboxylic acids is 1. The molecule has 0 saturated heterocycles. The molecule has 0 radical (unpaired) electrons. The molecule has 0 atom stereocenters. The molecule has 0 unspecified atom stereocenters. The lowest BCUT2D eigenvalue weighted by atomic mass is 10.1. The molecule has 9 heteroatoms. The molecule has 25 heavy (non-hydrogen) atoms. The van der Waals surface area contributed by atoms with Crippen molar-refractivity contribution in [3.63, 3.8) is 0 Å². The molecule has 0 amide bonds. The summed E-state index contributed by atoms with van der Waals surface area (Å²) in [5.74, 6) is -0.841. The number of nitrogens with zero attached hydrogens (tertiary/aromatic N) is 3. The fourth-order valence-electron chi connectivity index (χ4n) is 2.25. The molecule has 0 bridgehead atoms. The van der Waals surface area contributed by atoms with Crippen molar-refractivity contribution >= 4 is 11.5 Å². The highest BCUT2D eigenvalue weighted by Gasteiger charge is 2.31. The van der Waals surface area contributed by atoms with Gasteiger partial charge in [-0.1, -0.05) is 12.1 Å². The van der Waals surface area contributed by atoms with Crippen LogP contribution in [0.5, 0.6) is 5.75 Å². The first-order chi connectivity index (χ1) is 11.9. The Kier molecular flexibility index (Phi) is 4.30. The van der Waals surface area contributed by atoms with Crippen LogP contribution in [0.15, 0.2) is 42.7 Å². The Bertz CT molecular complexity index is 904. The lowest BCUT2D eigenvalue weighted by Crippen LogP contribution is -2.16. The van der Waals surface area contributed by atoms with Gasteiger partial charge in [-0.15, -0.1) is 13.2 Å². The van der Waals surface area contributed by atoms with Gasteiger partial charge in [0.1, 0.15) is 16.8 Å². The third-order valence-electron chi connectivity index (χ3n) is 3.30. The maximum Gasteiger partial charge on any atom is 0.573 e. The lowest BCUT2D eigenvalue weighted by molar-refractivity contribution is -0.274. The number of aromatic nitrogens is 3. The highest BCUT2D eigenvalue weighted by molar-refractivity contribution is 5.97. The van der Waals surface area contributed by atoms with Gasteiger partial charge in [-0.25, -0.2) is 4.79 Å². The summed E-state index contributed by atoms with van der Waals surface area (Å²) in [5.41, 5.74) is 1.91. The fraction of sp³-hybridized carbons (Fsp3) is 0.188. The van der Waals surface area contributed by atoms with E-state index in [1.807, 2.05) is 0 Å². The van der Waals surface area contributed by atoms with E-state index in [4.69, 9.17) is 4.74 Å². The zero-order valence-corrected chi connectivity index (χ0v) is 12.9. The molecule has 6 nitrogen and oxygen atoms in total. The summed E-state index contributed by atoms with van der Waals surface area (Å²) in [5, 5.41) is 8.06. The topological polar surface area (TPSA) is 65.7 Å². The van der Waals surface area contributed by atoms with Crippen LogP contribution >= 0.6 is 0 Å². The summed E-state index contributed by atoms with van der Waals surface area (Å²) >= 11 is 0. The first-order valence-corrected chi connectivity index (χ1v) is 7.25. The molecule has 1 aromatic carbocycles. The second kappa shape index (κ2) is 6.42.